The molecule has 3 heterocycles. The maximum absolute atomic E-state index is 13.9. The zero-order valence-electron chi connectivity index (χ0n) is 22.1. The molecule has 10 nitrogen and oxygen atoms in total. The van der Waals surface area contributed by atoms with Crippen LogP contribution in [0.25, 0.3) is 5.78 Å². The molecule has 2 amide bonds. The molecule has 0 saturated heterocycles. The molecule has 2 fully saturated rings. The third kappa shape index (κ3) is 6.25. The maximum Gasteiger partial charge on any atom is 0.276 e. The highest BCUT2D eigenvalue weighted by Gasteiger charge is 2.40. The van der Waals surface area contributed by atoms with Crippen LogP contribution in [0, 0.1) is 24.7 Å². The van der Waals surface area contributed by atoms with Crippen LogP contribution in [0.3, 0.4) is 0 Å². The second kappa shape index (κ2) is 11.1. The van der Waals surface area contributed by atoms with E-state index in [1.54, 1.807) is 29.8 Å². The molecule has 0 aliphatic heterocycles. The molecule has 14 heteroatoms. The molecule has 3 aromatic rings. The molecule has 5 rings (SSSR count). The van der Waals surface area contributed by atoms with Crippen LogP contribution in [-0.4, -0.2) is 48.8 Å². The smallest absolute Gasteiger partial charge is 0.276 e. The van der Waals surface area contributed by atoms with Gasteiger partial charge < -0.3 is 10.6 Å². The Morgan fingerprint density at radius 1 is 1.05 bits per heavy atom. The van der Waals surface area contributed by atoms with Gasteiger partial charge in [-0.15, -0.1) is 0 Å². The van der Waals surface area contributed by atoms with Gasteiger partial charge in [-0.3, -0.25) is 14.0 Å². The SMILES string of the molecule is Cc1nonc1C(=O)N[C@H](c1cn2ccc([C@H](NC(=O)CC(C)C(F)F)C3CC3)nc2n1)C1CCC(F)(F)CC1. The molecule has 0 radical (unpaired) electrons. The fourth-order valence-electron chi connectivity index (χ4n) is 5.18. The van der Waals surface area contributed by atoms with E-state index in [-0.39, 0.29) is 49.6 Å². The molecule has 1 unspecified atom stereocenters. The Bertz CT molecular complexity index is 1360. The number of hydrogen-bond donors (Lipinski definition) is 2. The first kappa shape index (κ1) is 28.0. The van der Waals surface area contributed by atoms with Gasteiger partial charge in [0.05, 0.1) is 23.5 Å². The lowest BCUT2D eigenvalue weighted by molar-refractivity contribution is -0.124. The Morgan fingerprint density at radius 3 is 2.33 bits per heavy atom. The molecule has 216 valence electrons. The molecule has 2 aliphatic carbocycles. The van der Waals surface area contributed by atoms with Crippen LogP contribution < -0.4 is 10.6 Å². The van der Waals surface area contributed by atoms with Crippen LogP contribution >= 0.6 is 0 Å². The Labute approximate surface area is 227 Å². The Balaban J connectivity index is 1.40. The summed E-state index contributed by atoms with van der Waals surface area (Å²) in [7, 11) is 0. The number of alkyl halides is 4. The van der Waals surface area contributed by atoms with Crippen molar-refractivity contribution in [3.05, 3.63) is 41.2 Å². The van der Waals surface area contributed by atoms with Gasteiger partial charge in [-0.2, -0.15) is 0 Å². The van der Waals surface area contributed by atoms with Gasteiger partial charge in [0.15, 0.2) is 5.69 Å². The molecule has 2 aliphatic rings. The lowest BCUT2D eigenvalue weighted by atomic mass is 9.81. The van der Waals surface area contributed by atoms with Crippen molar-refractivity contribution in [2.75, 3.05) is 0 Å². The first-order valence-corrected chi connectivity index (χ1v) is 13.4. The van der Waals surface area contributed by atoms with Crippen LogP contribution in [0.5, 0.6) is 0 Å². The standard InChI is InChI=1S/C26H31F4N7O3/c1-13(23(27)28)11-19(38)33-21(15-3-4-15)17-7-10-37-12-18(32-25(37)31-17)22(16-5-8-26(29,30)9-6-16)34-24(39)20-14(2)35-40-36-20/h7,10,12-13,15-16,21-23H,3-6,8-9,11H2,1-2H3,(H,33,38)(H,34,39)/t13?,21-,22+/m1/s1. The van der Waals surface area contributed by atoms with Gasteiger partial charge in [0.2, 0.25) is 24.0 Å². The summed E-state index contributed by atoms with van der Waals surface area (Å²) in [6, 6.07) is 0.595. The number of hydrogen-bond acceptors (Lipinski definition) is 7. The Morgan fingerprint density at radius 2 is 1.70 bits per heavy atom. The first-order valence-electron chi connectivity index (χ1n) is 13.4. The van der Waals surface area contributed by atoms with Crippen molar-refractivity contribution in [3.63, 3.8) is 0 Å². The van der Waals surface area contributed by atoms with E-state index in [9.17, 15) is 27.2 Å². The Hall–Kier alpha value is -3.58. The van der Waals surface area contributed by atoms with E-state index in [0.717, 1.165) is 12.8 Å². The number of nitrogens with zero attached hydrogens (tertiary/aromatic N) is 5. The third-order valence-corrected chi connectivity index (χ3v) is 7.74. The van der Waals surface area contributed by atoms with Crippen LogP contribution in [0.2, 0.25) is 0 Å². The van der Waals surface area contributed by atoms with Crippen LogP contribution in [0.4, 0.5) is 17.6 Å². The molecule has 3 aromatic heterocycles. The van der Waals surface area contributed by atoms with Crippen molar-refractivity contribution in [1.82, 2.24) is 35.3 Å². The maximum atomic E-state index is 13.9. The molecule has 0 bridgehead atoms. The number of fused-ring (bicyclic) bond motifs is 1. The summed E-state index contributed by atoms with van der Waals surface area (Å²) in [4.78, 5) is 34.7. The lowest BCUT2D eigenvalue weighted by Gasteiger charge is -2.33. The van der Waals surface area contributed by atoms with E-state index in [1.165, 1.54) is 6.92 Å². The van der Waals surface area contributed by atoms with Crippen LogP contribution in [0.1, 0.15) is 91.5 Å². The van der Waals surface area contributed by atoms with E-state index in [1.807, 2.05) is 0 Å². The van der Waals surface area contributed by atoms with Gasteiger partial charge in [0, 0.05) is 37.6 Å². The Kier molecular flexibility index (Phi) is 7.78. The number of nitrogens with one attached hydrogen (secondary N) is 2. The van der Waals surface area contributed by atoms with Gasteiger partial charge in [0.25, 0.3) is 5.91 Å². The molecule has 3 atom stereocenters. The third-order valence-electron chi connectivity index (χ3n) is 7.74. The summed E-state index contributed by atoms with van der Waals surface area (Å²) in [6.45, 7) is 2.90. The summed E-state index contributed by atoms with van der Waals surface area (Å²) in [5.41, 5.74) is 1.29. The van der Waals surface area contributed by atoms with E-state index >= 15 is 0 Å². The van der Waals surface area contributed by atoms with Crippen molar-refractivity contribution in [2.24, 2.45) is 17.8 Å². The zero-order chi connectivity index (χ0) is 28.6. The number of aryl methyl sites for hydroxylation is 1. The van der Waals surface area contributed by atoms with E-state index in [4.69, 9.17) is 0 Å². The summed E-state index contributed by atoms with van der Waals surface area (Å²) < 4.78 is 60.0. The van der Waals surface area contributed by atoms with E-state index in [0.29, 0.717) is 22.9 Å². The largest absolute Gasteiger partial charge is 0.347 e. The number of carbonyl (C=O) groups is 2. The summed E-state index contributed by atoms with van der Waals surface area (Å²) >= 11 is 0. The number of rotatable bonds is 10. The monoisotopic (exact) mass is 565 g/mol. The van der Waals surface area contributed by atoms with E-state index < -0.39 is 42.2 Å². The minimum Gasteiger partial charge on any atom is -0.347 e. The highest BCUT2D eigenvalue weighted by Crippen LogP contribution is 2.42. The molecule has 2 N–H and O–H groups in total. The minimum absolute atomic E-state index is 0.000471. The predicted molar refractivity (Wildman–Crippen MR) is 133 cm³/mol. The van der Waals surface area contributed by atoms with Crippen molar-refractivity contribution >= 4 is 17.6 Å². The topological polar surface area (TPSA) is 127 Å². The summed E-state index contributed by atoms with van der Waals surface area (Å²) in [6.07, 6.45) is 2.06. The highest BCUT2D eigenvalue weighted by atomic mass is 19.3. The van der Waals surface area contributed by atoms with Crippen LogP contribution in [-0.2, 0) is 4.79 Å². The quantitative estimate of drug-likeness (QED) is 0.345. The number of halogens is 4. The van der Waals surface area contributed by atoms with Gasteiger partial charge >= 0.3 is 0 Å². The van der Waals surface area contributed by atoms with Gasteiger partial charge in [-0.1, -0.05) is 12.1 Å². The number of carbonyl (C=O) groups excluding carboxylic acids is 2. The van der Waals surface area contributed by atoms with Crippen molar-refractivity contribution in [1.29, 1.82) is 0 Å². The van der Waals surface area contributed by atoms with Gasteiger partial charge in [-0.05, 0) is 55.7 Å². The predicted octanol–water partition coefficient (Wildman–Crippen LogP) is 4.58. The second-order valence-corrected chi connectivity index (χ2v) is 11.0. The minimum atomic E-state index is -2.75. The fourth-order valence-corrected chi connectivity index (χ4v) is 5.18. The second-order valence-electron chi connectivity index (χ2n) is 11.0. The van der Waals surface area contributed by atoms with Crippen molar-refractivity contribution in [2.45, 2.75) is 83.2 Å². The van der Waals surface area contributed by atoms with Gasteiger partial charge in [0.1, 0.15) is 5.69 Å². The fraction of sp³-hybridized carbons (Fsp3) is 0.615. The molecule has 0 spiro atoms. The first-order chi connectivity index (χ1) is 19.0. The molecule has 2 saturated carbocycles. The van der Waals surface area contributed by atoms with Crippen molar-refractivity contribution < 1.29 is 31.8 Å². The molecular formula is C26H31F4N7O3. The summed E-state index contributed by atoms with van der Waals surface area (Å²) in [5.74, 6) is -4.69. The zero-order valence-corrected chi connectivity index (χ0v) is 22.1. The van der Waals surface area contributed by atoms with Crippen molar-refractivity contribution in [3.8, 4) is 0 Å². The lowest BCUT2D eigenvalue weighted by Crippen LogP contribution is -2.37. The highest BCUT2D eigenvalue weighted by molar-refractivity contribution is 5.93. The average molecular weight is 566 g/mol. The molecule has 40 heavy (non-hydrogen) atoms. The van der Waals surface area contributed by atoms with E-state index in [2.05, 4.69) is 35.5 Å². The molecular weight excluding hydrogens is 534 g/mol. The number of amides is 2. The number of aromatic nitrogens is 5. The number of imidazole rings is 1. The average Bonchev–Trinajstić information content (AvgIpc) is 3.51. The van der Waals surface area contributed by atoms with Gasteiger partial charge in [-0.25, -0.2) is 32.2 Å². The molecule has 0 aromatic carbocycles. The normalized spacial score (nSPS) is 19.9. The summed E-state index contributed by atoms with van der Waals surface area (Å²) in [5, 5.41) is 13.0. The van der Waals surface area contributed by atoms with Crippen LogP contribution in [0.15, 0.2) is 23.1 Å².